The third-order valence-corrected chi connectivity index (χ3v) is 9.38. The van der Waals surface area contributed by atoms with Gasteiger partial charge in [0.2, 0.25) is 0 Å². The van der Waals surface area contributed by atoms with Gasteiger partial charge in [0.05, 0.1) is 22.4 Å². The number of para-hydroxylation sites is 2. The van der Waals surface area contributed by atoms with Crippen LogP contribution in [0.15, 0.2) is 94.9 Å². The van der Waals surface area contributed by atoms with Gasteiger partial charge in [0.1, 0.15) is 11.5 Å². The molecule has 48 heavy (non-hydrogen) atoms. The molecule has 0 bridgehead atoms. The predicted octanol–water partition coefficient (Wildman–Crippen LogP) is 11.0. The van der Waals surface area contributed by atoms with Crippen molar-refractivity contribution >= 4 is 67.4 Å². The van der Waals surface area contributed by atoms with Crippen molar-refractivity contribution in [2.75, 3.05) is 0 Å². The Hall–Kier alpha value is -5.36. The number of aryl methyl sites for hydroxylation is 4. The zero-order valence-corrected chi connectivity index (χ0v) is 28.2. The van der Waals surface area contributed by atoms with Crippen molar-refractivity contribution in [3.05, 3.63) is 107 Å². The first-order valence-corrected chi connectivity index (χ1v) is 17.0. The maximum Gasteiger partial charge on any atom is 0.125 e. The normalized spacial score (nSPS) is 12.2. The van der Waals surface area contributed by atoms with Gasteiger partial charge in [-0.05, 0) is 86.3 Å². The fourth-order valence-electron chi connectivity index (χ4n) is 6.79. The molecular weight excluding hydrogens is 592 g/mol. The molecule has 2 heterocycles. The van der Waals surface area contributed by atoms with Crippen LogP contribution in [0.4, 0.5) is 11.4 Å². The van der Waals surface area contributed by atoms with Crippen LogP contribution >= 0.6 is 0 Å². The number of unbranched alkanes of at least 4 members (excludes halogenated alkanes) is 2. The molecule has 0 saturated heterocycles. The summed E-state index contributed by atoms with van der Waals surface area (Å²) in [6.45, 7) is 10.5. The molecule has 2 N–H and O–H groups in total. The van der Waals surface area contributed by atoms with Gasteiger partial charge in [0, 0.05) is 69.2 Å². The fraction of sp³-hybridized carbons (Fsp3) is 0.238. The molecule has 0 unspecified atom stereocenters. The predicted molar refractivity (Wildman–Crippen MR) is 202 cm³/mol. The van der Waals surface area contributed by atoms with E-state index in [9.17, 15) is 10.2 Å². The Kier molecular flexibility index (Phi) is 8.49. The SMILES string of the molecule is CCCCn1c2cc(C)ccc2c2cc(O)c(C=Nc3ccccc3N=Cc3cc4c(cc3O)c3ccc(C)cc3n4CCCC)cc21. The Balaban J connectivity index is 1.25. The van der Waals surface area contributed by atoms with E-state index in [0.29, 0.717) is 22.5 Å². The van der Waals surface area contributed by atoms with Gasteiger partial charge in [-0.25, -0.2) is 0 Å². The lowest BCUT2D eigenvalue weighted by molar-refractivity contribution is 0.474. The largest absolute Gasteiger partial charge is 0.507 e. The summed E-state index contributed by atoms with van der Waals surface area (Å²) in [6.07, 6.45) is 7.79. The van der Waals surface area contributed by atoms with Gasteiger partial charge in [-0.1, -0.05) is 63.1 Å². The van der Waals surface area contributed by atoms with Crippen LogP contribution in [-0.4, -0.2) is 31.8 Å². The Bertz CT molecular complexity index is 2210. The summed E-state index contributed by atoms with van der Waals surface area (Å²) in [5.74, 6) is 0.378. The number of phenolic OH excluding ortho intramolecular Hbond substituents is 2. The minimum absolute atomic E-state index is 0.189. The second kappa shape index (κ2) is 13.0. The summed E-state index contributed by atoms with van der Waals surface area (Å²) in [4.78, 5) is 9.60. The van der Waals surface area contributed by atoms with Crippen LogP contribution in [0.25, 0.3) is 43.6 Å². The van der Waals surface area contributed by atoms with Crippen LogP contribution in [0.5, 0.6) is 11.5 Å². The van der Waals surface area contributed by atoms with Gasteiger partial charge in [-0.15, -0.1) is 0 Å². The maximum atomic E-state index is 11.1. The van der Waals surface area contributed by atoms with E-state index in [1.807, 2.05) is 48.5 Å². The third kappa shape index (κ3) is 5.72. The highest BCUT2D eigenvalue weighted by Crippen LogP contribution is 2.37. The monoisotopic (exact) mass is 634 g/mol. The lowest BCUT2D eigenvalue weighted by Gasteiger charge is -2.08. The van der Waals surface area contributed by atoms with Crippen LogP contribution in [0.1, 0.15) is 61.8 Å². The summed E-state index contributed by atoms with van der Waals surface area (Å²) in [7, 11) is 0. The second-order valence-corrected chi connectivity index (χ2v) is 12.9. The molecule has 0 fully saturated rings. The summed E-state index contributed by atoms with van der Waals surface area (Å²) in [6, 6.07) is 28.5. The molecule has 0 aliphatic carbocycles. The molecule has 0 aliphatic heterocycles. The standard InChI is InChI=1S/C42H42N4O2/c1-5-7-17-45-37-19-27(3)13-15-31(37)33-23-41(47)29(21-39(33)45)25-43-35-11-9-10-12-36(35)44-26-30-22-40-34(24-42(30)48)32-16-14-28(4)20-38(32)46(40)18-8-6-2/h9-16,19-26,47-48H,5-8,17-18H2,1-4H3. The highest BCUT2D eigenvalue weighted by Gasteiger charge is 2.15. The van der Waals surface area contributed by atoms with Gasteiger partial charge in [-0.2, -0.15) is 0 Å². The van der Waals surface area contributed by atoms with Gasteiger partial charge in [0.15, 0.2) is 0 Å². The van der Waals surface area contributed by atoms with E-state index in [4.69, 9.17) is 9.98 Å². The highest BCUT2D eigenvalue weighted by atomic mass is 16.3. The smallest absolute Gasteiger partial charge is 0.125 e. The number of hydrogen-bond acceptors (Lipinski definition) is 4. The van der Waals surface area contributed by atoms with Gasteiger partial charge in [-0.3, -0.25) is 9.98 Å². The van der Waals surface area contributed by atoms with Crippen LogP contribution < -0.4 is 0 Å². The lowest BCUT2D eigenvalue weighted by Crippen LogP contribution is -1.98. The van der Waals surface area contributed by atoms with E-state index in [-0.39, 0.29) is 11.5 Å². The summed E-state index contributed by atoms with van der Waals surface area (Å²) < 4.78 is 4.73. The van der Waals surface area contributed by atoms with Crippen LogP contribution in [0, 0.1) is 13.8 Å². The van der Waals surface area contributed by atoms with E-state index >= 15 is 0 Å². The van der Waals surface area contributed by atoms with E-state index in [1.165, 1.54) is 22.2 Å². The molecule has 7 aromatic rings. The Morgan fingerprint density at radius 2 is 0.958 bits per heavy atom. The molecule has 0 saturated carbocycles. The van der Waals surface area contributed by atoms with E-state index in [1.54, 1.807) is 12.4 Å². The topological polar surface area (TPSA) is 75.0 Å². The van der Waals surface area contributed by atoms with E-state index in [0.717, 1.165) is 71.4 Å². The van der Waals surface area contributed by atoms with Crippen LogP contribution in [-0.2, 0) is 13.1 Å². The van der Waals surface area contributed by atoms with E-state index < -0.39 is 0 Å². The average molecular weight is 635 g/mol. The lowest BCUT2D eigenvalue weighted by atomic mass is 10.1. The minimum atomic E-state index is 0.189. The summed E-state index contributed by atoms with van der Waals surface area (Å²) >= 11 is 0. The zero-order valence-electron chi connectivity index (χ0n) is 28.2. The van der Waals surface area contributed by atoms with Crippen molar-refractivity contribution in [2.45, 2.75) is 66.5 Å². The van der Waals surface area contributed by atoms with Crippen molar-refractivity contribution in [1.29, 1.82) is 0 Å². The molecule has 6 nitrogen and oxygen atoms in total. The van der Waals surface area contributed by atoms with E-state index in [2.05, 4.69) is 73.2 Å². The minimum Gasteiger partial charge on any atom is -0.507 e. The van der Waals surface area contributed by atoms with Gasteiger partial charge < -0.3 is 19.3 Å². The number of aromatic nitrogens is 2. The zero-order chi connectivity index (χ0) is 33.4. The molecule has 2 aromatic heterocycles. The Morgan fingerprint density at radius 1 is 0.542 bits per heavy atom. The number of phenols is 2. The third-order valence-electron chi connectivity index (χ3n) is 9.38. The second-order valence-electron chi connectivity index (χ2n) is 12.9. The number of hydrogen-bond donors (Lipinski definition) is 2. The molecule has 5 aromatic carbocycles. The first-order chi connectivity index (χ1) is 23.4. The molecular formula is C42H42N4O2. The summed E-state index contributed by atoms with van der Waals surface area (Å²) in [5.41, 5.74) is 9.63. The summed E-state index contributed by atoms with van der Waals surface area (Å²) in [5, 5.41) is 26.6. The highest BCUT2D eigenvalue weighted by molar-refractivity contribution is 6.11. The molecule has 0 amide bonds. The molecule has 0 spiro atoms. The van der Waals surface area contributed by atoms with Gasteiger partial charge >= 0.3 is 0 Å². The quantitative estimate of drug-likeness (QED) is 0.147. The number of nitrogens with zero attached hydrogens (tertiary/aromatic N) is 4. The molecule has 0 atom stereocenters. The van der Waals surface area contributed by atoms with Gasteiger partial charge in [0.25, 0.3) is 0 Å². The van der Waals surface area contributed by atoms with Crippen molar-refractivity contribution < 1.29 is 10.2 Å². The van der Waals surface area contributed by atoms with Crippen molar-refractivity contribution in [3.63, 3.8) is 0 Å². The molecule has 242 valence electrons. The Labute approximate surface area is 281 Å². The molecule has 0 radical (unpaired) electrons. The van der Waals surface area contributed by atoms with Crippen molar-refractivity contribution in [3.8, 4) is 11.5 Å². The number of aliphatic imine (C=N–C) groups is 2. The van der Waals surface area contributed by atoms with Crippen LogP contribution in [0.2, 0.25) is 0 Å². The molecule has 6 heteroatoms. The average Bonchev–Trinajstić information content (AvgIpc) is 3.53. The number of aromatic hydroxyl groups is 2. The Morgan fingerprint density at radius 3 is 1.38 bits per heavy atom. The molecule has 7 rings (SSSR count). The first kappa shape index (κ1) is 31.3. The van der Waals surface area contributed by atoms with Crippen molar-refractivity contribution in [2.24, 2.45) is 9.98 Å². The fourth-order valence-corrected chi connectivity index (χ4v) is 6.79. The molecule has 0 aliphatic rings. The van der Waals surface area contributed by atoms with Crippen LogP contribution in [0.3, 0.4) is 0 Å². The number of fused-ring (bicyclic) bond motifs is 6. The number of benzene rings is 5. The number of rotatable bonds is 10. The maximum absolute atomic E-state index is 11.1. The first-order valence-electron chi connectivity index (χ1n) is 17.0. The van der Waals surface area contributed by atoms with Crippen molar-refractivity contribution in [1.82, 2.24) is 9.13 Å².